The van der Waals surface area contributed by atoms with Gasteiger partial charge in [0.2, 0.25) is 5.43 Å². The van der Waals surface area contributed by atoms with E-state index in [1.165, 1.54) is 29.1 Å². The third-order valence-electron chi connectivity index (χ3n) is 9.19. The van der Waals surface area contributed by atoms with Crippen molar-refractivity contribution >= 4 is 63.0 Å². The van der Waals surface area contributed by atoms with Crippen LogP contribution in [0.3, 0.4) is 0 Å². The van der Waals surface area contributed by atoms with Crippen LogP contribution in [-0.4, -0.2) is 64.0 Å². The molecule has 4 aromatic carbocycles. The number of aryl methyl sites for hydroxylation is 1. The SMILES string of the molecule is CN(C)c1cc2c(cc1Cc1cccc(Cl)c1F)c(=O)c(C=O)cn2CCO.Cc1cc2c(cc1Cc1cccc(Cl)c1F)c(=O)c(C(=O)O)cn2CCO. The number of aldehydes is 1. The Bertz CT molecular complexity index is 2570. The predicted octanol–water partition coefficient (Wildman–Crippen LogP) is 6.64. The first-order valence-corrected chi connectivity index (χ1v) is 17.8. The van der Waals surface area contributed by atoms with Crippen LogP contribution in [0.15, 0.2) is 82.6 Å². The van der Waals surface area contributed by atoms with Crippen LogP contribution in [0.2, 0.25) is 10.0 Å². The molecule has 0 amide bonds. The zero-order chi connectivity index (χ0) is 40.1. The van der Waals surface area contributed by atoms with E-state index in [0.717, 1.165) is 16.8 Å². The van der Waals surface area contributed by atoms with Crippen molar-refractivity contribution in [1.29, 1.82) is 0 Å². The number of hydrogen-bond acceptors (Lipinski definition) is 7. The van der Waals surface area contributed by atoms with Crippen LogP contribution in [0.4, 0.5) is 14.5 Å². The molecule has 2 aromatic heterocycles. The Kier molecular flexibility index (Phi) is 12.9. The van der Waals surface area contributed by atoms with E-state index in [-0.39, 0.29) is 65.7 Å². The summed E-state index contributed by atoms with van der Waals surface area (Å²) in [5.41, 5.74) is 3.60. The molecular weight excluding hydrogens is 755 g/mol. The molecule has 0 aliphatic heterocycles. The minimum Gasteiger partial charge on any atom is -0.477 e. The number of benzene rings is 4. The smallest absolute Gasteiger partial charge is 0.341 e. The van der Waals surface area contributed by atoms with Crippen molar-refractivity contribution in [2.75, 3.05) is 32.2 Å². The number of carbonyl (C=O) groups excluding carboxylic acids is 1. The maximum atomic E-state index is 14.4. The van der Waals surface area contributed by atoms with E-state index in [4.69, 9.17) is 23.2 Å². The predicted molar refractivity (Wildman–Crippen MR) is 210 cm³/mol. The van der Waals surface area contributed by atoms with Gasteiger partial charge in [0.25, 0.3) is 0 Å². The molecule has 6 rings (SSSR count). The fourth-order valence-corrected chi connectivity index (χ4v) is 6.82. The first kappa shape index (κ1) is 40.8. The monoisotopic (exact) mass is 791 g/mol. The minimum absolute atomic E-state index is 0.0124. The molecule has 0 aliphatic rings. The lowest BCUT2D eigenvalue weighted by atomic mass is 9.97. The summed E-state index contributed by atoms with van der Waals surface area (Å²) in [6.07, 6.45) is 3.64. The summed E-state index contributed by atoms with van der Waals surface area (Å²) < 4.78 is 31.9. The number of hydrogen-bond donors (Lipinski definition) is 3. The van der Waals surface area contributed by atoms with Crippen LogP contribution in [-0.2, 0) is 25.9 Å². The number of aromatic carboxylic acids is 1. The van der Waals surface area contributed by atoms with Crippen molar-refractivity contribution in [3.05, 3.63) is 154 Å². The molecule has 10 nitrogen and oxygen atoms in total. The minimum atomic E-state index is -1.34. The number of pyridine rings is 2. The van der Waals surface area contributed by atoms with Gasteiger partial charge in [0.1, 0.15) is 17.2 Å². The van der Waals surface area contributed by atoms with Crippen LogP contribution in [0.5, 0.6) is 0 Å². The second-order valence-corrected chi connectivity index (χ2v) is 13.8. The normalized spacial score (nSPS) is 11.1. The molecule has 0 bridgehead atoms. The van der Waals surface area contributed by atoms with Gasteiger partial charge in [-0.15, -0.1) is 0 Å². The van der Waals surface area contributed by atoms with Gasteiger partial charge < -0.3 is 29.4 Å². The first-order valence-electron chi connectivity index (χ1n) is 17.0. The fourth-order valence-electron chi connectivity index (χ4n) is 6.43. The van der Waals surface area contributed by atoms with Crippen molar-refractivity contribution in [2.24, 2.45) is 0 Å². The highest BCUT2D eigenvalue weighted by molar-refractivity contribution is 6.31. The number of nitrogens with zero attached hydrogens (tertiary/aromatic N) is 3. The third-order valence-corrected chi connectivity index (χ3v) is 9.78. The number of carboxylic acids is 1. The van der Waals surface area contributed by atoms with Crippen molar-refractivity contribution in [3.63, 3.8) is 0 Å². The summed E-state index contributed by atoms with van der Waals surface area (Å²) in [5, 5.41) is 28.5. The number of rotatable bonds is 11. The van der Waals surface area contributed by atoms with Gasteiger partial charge in [-0.25, -0.2) is 13.6 Å². The first-order chi connectivity index (χ1) is 26.2. The second kappa shape index (κ2) is 17.4. The Morgan fingerprint density at radius 2 is 1.27 bits per heavy atom. The van der Waals surface area contributed by atoms with Crippen LogP contribution < -0.4 is 15.8 Å². The van der Waals surface area contributed by atoms with Gasteiger partial charge in [0, 0.05) is 68.9 Å². The van der Waals surface area contributed by atoms with E-state index >= 15 is 0 Å². The molecule has 0 spiro atoms. The number of aromatic nitrogens is 2. The van der Waals surface area contributed by atoms with Gasteiger partial charge in [0.15, 0.2) is 11.7 Å². The lowest BCUT2D eigenvalue weighted by molar-refractivity contribution is 0.0694. The summed E-state index contributed by atoms with van der Waals surface area (Å²) in [6, 6.07) is 16.4. The van der Waals surface area contributed by atoms with Gasteiger partial charge >= 0.3 is 5.97 Å². The molecule has 0 aliphatic carbocycles. The Morgan fingerprint density at radius 3 is 1.80 bits per heavy atom. The molecule has 3 N–H and O–H groups in total. The molecule has 0 radical (unpaired) electrons. The zero-order valence-corrected chi connectivity index (χ0v) is 31.6. The topological polar surface area (TPSA) is 142 Å². The summed E-state index contributed by atoms with van der Waals surface area (Å²) in [4.78, 5) is 49.9. The van der Waals surface area contributed by atoms with E-state index < -0.39 is 28.5 Å². The van der Waals surface area contributed by atoms with E-state index in [1.54, 1.807) is 47.0 Å². The van der Waals surface area contributed by atoms with Crippen molar-refractivity contribution in [1.82, 2.24) is 9.13 Å². The molecule has 14 heteroatoms. The third kappa shape index (κ3) is 8.63. The summed E-state index contributed by atoms with van der Waals surface area (Å²) in [7, 11) is 3.71. The lowest BCUT2D eigenvalue weighted by Crippen LogP contribution is -2.20. The summed E-state index contributed by atoms with van der Waals surface area (Å²) in [6.45, 7) is 1.89. The number of aliphatic hydroxyl groups excluding tert-OH is 2. The summed E-state index contributed by atoms with van der Waals surface area (Å²) in [5.74, 6) is -2.35. The Labute approximate surface area is 324 Å². The van der Waals surface area contributed by atoms with Crippen molar-refractivity contribution in [3.8, 4) is 0 Å². The maximum Gasteiger partial charge on any atom is 0.341 e. The molecule has 55 heavy (non-hydrogen) atoms. The van der Waals surface area contributed by atoms with Crippen LogP contribution in [0.1, 0.15) is 48.5 Å². The average molecular weight is 793 g/mol. The molecule has 286 valence electrons. The quantitative estimate of drug-likeness (QED) is 0.124. The number of aliphatic hydroxyl groups is 2. The molecule has 6 aromatic rings. The van der Waals surface area contributed by atoms with E-state index in [2.05, 4.69) is 0 Å². The Balaban J connectivity index is 0.000000211. The molecular formula is C41H37Cl2F2N3O7. The number of carboxylic acid groups (broad SMARTS) is 1. The zero-order valence-electron chi connectivity index (χ0n) is 30.1. The number of fused-ring (bicyclic) bond motifs is 2. The summed E-state index contributed by atoms with van der Waals surface area (Å²) >= 11 is 11.7. The maximum absolute atomic E-state index is 14.4. The van der Waals surface area contributed by atoms with Gasteiger partial charge in [-0.05, 0) is 71.1 Å². The molecule has 2 heterocycles. The Hall–Kier alpha value is -5.40. The highest BCUT2D eigenvalue weighted by atomic mass is 35.5. The van der Waals surface area contributed by atoms with Crippen molar-refractivity contribution < 1.29 is 33.7 Å². The molecule has 0 fully saturated rings. The molecule has 0 unspecified atom stereocenters. The number of halogens is 4. The largest absolute Gasteiger partial charge is 0.477 e. The lowest BCUT2D eigenvalue weighted by Gasteiger charge is -2.21. The number of anilines is 1. The van der Waals surface area contributed by atoms with Gasteiger partial charge in [0.05, 0.1) is 39.9 Å². The molecule has 0 saturated heterocycles. The fraction of sp³-hybridized carbons (Fsp3) is 0.220. The molecule has 0 atom stereocenters. The van der Waals surface area contributed by atoms with Crippen LogP contribution >= 0.6 is 23.2 Å². The standard InChI is InChI=1S/C21H20ClFN2O3.C20H17ClFNO4/c1-24(2)18-10-19-16(21(28)15(12-27)11-25(19)6-7-26)9-14(18)8-13-4-3-5-17(22)20(13)23;1-11-7-17-14(19(25)15(20(26)27)10-23(17)5-6-24)9-13(11)8-12-3-2-4-16(21)18(12)22/h3-5,9-12,26H,6-8H2,1-2H3;2-4,7,9-10,24H,5-6,8H2,1H3,(H,26,27). The Morgan fingerprint density at radius 1 is 0.764 bits per heavy atom. The number of carbonyl (C=O) groups is 2. The van der Waals surface area contributed by atoms with Crippen LogP contribution in [0, 0.1) is 18.6 Å². The van der Waals surface area contributed by atoms with E-state index in [0.29, 0.717) is 39.4 Å². The van der Waals surface area contributed by atoms with Gasteiger partial charge in [-0.1, -0.05) is 47.5 Å². The molecule has 0 saturated carbocycles. The van der Waals surface area contributed by atoms with Gasteiger partial charge in [-0.2, -0.15) is 0 Å². The average Bonchev–Trinajstić information content (AvgIpc) is 3.15. The van der Waals surface area contributed by atoms with E-state index in [9.17, 15) is 43.3 Å². The van der Waals surface area contributed by atoms with Gasteiger partial charge in [-0.3, -0.25) is 14.4 Å². The second-order valence-electron chi connectivity index (χ2n) is 13.0. The van der Waals surface area contributed by atoms with Crippen molar-refractivity contribution in [2.45, 2.75) is 32.9 Å². The van der Waals surface area contributed by atoms with Crippen LogP contribution in [0.25, 0.3) is 21.8 Å². The highest BCUT2D eigenvalue weighted by Crippen LogP contribution is 2.30. The van der Waals surface area contributed by atoms with E-state index in [1.807, 2.05) is 32.0 Å². The highest BCUT2D eigenvalue weighted by Gasteiger charge is 2.19.